The first-order valence-corrected chi connectivity index (χ1v) is 10.4. The molecule has 0 aliphatic rings. The summed E-state index contributed by atoms with van der Waals surface area (Å²) in [4.78, 5) is 19.1. The number of aromatic nitrogens is 3. The first-order chi connectivity index (χ1) is 14.0. The average Bonchev–Trinajstić information content (AvgIpc) is 2.68. The number of benzene rings is 1. The fraction of sp³-hybridized carbons (Fsp3) is 0.211. The summed E-state index contributed by atoms with van der Waals surface area (Å²) in [6.07, 6.45) is -2.83. The van der Waals surface area contributed by atoms with E-state index in [2.05, 4.69) is 9.97 Å². The van der Waals surface area contributed by atoms with Crippen LogP contribution in [0.1, 0.15) is 11.3 Å². The normalized spacial score (nSPS) is 12.0. The lowest BCUT2D eigenvalue weighted by molar-refractivity contribution is -0.141. The van der Waals surface area contributed by atoms with Crippen molar-refractivity contribution in [2.45, 2.75) is 17.9 Å². The Morgan fingerprint density at radius 2 is 1.73 bits per heavy atom. The Balaban J connectivity index is 2.07. The number of methoxy groups -OCH3 is 1. The third kappa shape index (κ3) is 4.85. The van der Waals surface area contributed by atoms with Crippen LogP contribution < -0.4 is 10.3 Å². The largest absolute Gasteiger partial charge is 0.497 e. The predicted molar refractivity (Wildman–Crippen MR) is 102 cm³/mol. The molecule has 7 nitrogen and oxygen atoms in total. The molecule has 0 saturated heterocycles. The molecule has 0 fully saturated rings. The van der Waals surface area contributed by atoms with Crippen molar-refractivity contribution in [2.75, 3.05) is 13.4 Å². The number of rotatable bonds is 5. The summed E-state index contributed by atoms with van der Waals surface area (Å²) in [6, 6.07) is 10.0. The average molecular weight is 439 g/mol. The minimum absolute atomic E-state index is 0.140. The molecule has 0 spiro atoms. The highest BCUT2D eigenvalue weighted by molar-refractivity contribution is 7.90. The second kappa shape index (κ2) is 7.90. The highest BCUT2D eigenvalue weighted by Crippen LogP contribution is 2.30. The van der Waals surface area contributed by atoms with Gasteiger partial charge in [-0.05, 0) is 29.8 Å². The molecular weight excluding hydrogens is 423 g/mol. The summed E-state index contributed by atoms with van der Waals surface area (Å²) in [7, 11) is -2.57. The van der Waals surface area contributed by atoms with Crippen LogP contribution in [0.5, 0.6) is 5.75 Å². The van der Waals surface area contributed by atoms with E-state index in [0.717, 1.165) is 11.8 Å². The zero-order chi connectivity index (χ0) is 22.1. The van der Waals surface area contributed by atoms with E-state index in [-0.39, 0.29) is 23.4 Å². The van der Waals surface area contributed by atoms with Crippen molar-refractivity contribution in [1.82, 2.24) is 14.5 Å². The number of alkyl halides is 3. The Morgan fingerprint density at radius 3 is 2.30 bits per heavy atom. The van der Waals surface area contributed by atoms with Gasteiger partial charge in [0.1, 0.15) is 11.4 Å². The van der Waals surface area contributed by atoms with Crippen molar-refractivity contribution in [3.63, 3.8) is 0 Å². The Hall–Kier alpha value is -3.21. The summed E-state index contributed by atoms with van der Waals surface area (Å²) in [5.41, 5.74) is -1.14. The van der Waals surface area contributed by atoms with Crippen molar-refractivity contribution in [1.29, 1.82) is 0 Å². The first kappa shape index (κ1) is 21.5. The van der Waals surface area contributed by atoms with Crippen molar-refractivity contribution in [2.24, 2.45) is 0 Å². The maximum atomic E-state index is 13.2. The number of nitrogens with zero attached hydrogens (tertiary/aromatic N) is 3. The van der Waals surface area contributed by atoms with Crippen LogP contribution in [-0.4, -0.2) is 36.3 Å². The zero-order valence-electron chi connectivity index (χ0n) is 15.8. The molecule has 11 heteroatoms. The van der Waals surface area contributed by atoms with E-state index in [9.17, 15) is 26.4 Å². The van der Waals surface area contributed by atoms with Crippen molar-refractivity contribution >= 4 is 9.84 Å². The van der Waals surface area contributed by atoms with Gasteiger partial charge in [0, 0.05) is 24.1 Å². The van der Waals surface area contributed by atoms with Crippen LogP contribution in [0.15, 0.2) is 58.6 Å². The van der Waals surface area contributed by atoms with Crippen LogP contribution >= 0.6 is 0 Å². The maximum Gasteiger partial charge on any atom is 0.433 e. The Morgan fingerprint density at radius 1 is 1.07 bits per heavy atom. The predicted octanol–water partition coefficient (Wildman–Crippen LogP) is 2.78. The quantitative estimate of drug-likeness (QED) is 0.568. The van der Waals surface area contributed by atoms with Crippen LogP contribution in [0.4, 0.5) is 13.2 Å². The maximum absolute atomic E-state index is 13.2. The summed E-state index contributed by atoms with van der Waals surface area (Å²) < 4.78 is 69.4. The molecule has 0 N–H and O–H groups in total. The number of ether oxygens (including phenoxy) is 1. The van der Waals surface area contributed by atoms with Gasteiger partial charge in [0.05, 0.1) is 19.3 Å². The Labute approximate surface area is 169 Å². The first-order valence-electron chi connectivity index (χ1n) is 8.47. The lowest BCUT2D eigenvalue weighted by atomic mass is 10.1. The second-order valence-corrected chi connectivity index (χ2v) is 8.33. The lowest BCUT2D eigenvalue weighted by Crippen LogP contribution is -2.19. The summed E-state index contributed by atoms with van der Waals surface area (Å²) >= 11 is 0. The molecule has 0 aliphatic heterocycles. The molecule has 0 unspecified atom stereocenters. The molecule has 2 aromatic heterocycles. The van der Waals surface area contributed by atoms with Crippen molar-refractivity contribution in [3.05, 3.63) is 70.3 Å². The molecule has 1 aromatic carbocycles. The molecular formula is C19H16F3N3O4S. The molecule has 3 aromatic rings. The molecule has 0 amide bonds. The van der Waals surface area contributed by atoms with Gasteiger partial charge < -0.3 is 9.30 Å². The summed E-state index contributed by atoms with van der Waals surface area (Å²) in [5.74, 6) is 0.633. The summed E-state index contributed by atoms with van der Waals surface area (Å²) in [5, 5.41) is -0.944. The molecule has 0 radical (unpaired) electrons. The van der Waals surface area contributed by atoms with Crippen LogP contribution in [0.3, 0.4) is 0 Å². The van der Waals surface area contributed by atoms with Gasteiger partial charge in [0.25, 0.3) is 5.56 Å². The number of sulfone groups is 1. The van der Waals surface area contributed by atoms with Crippen LogP contribution in [-0.2, 0) is 22.6 Å². The van der Waals surface area contributed by atoms with E-state index in [1.54, 1.807) is 24.3 Å². The van der Waals surface area contributed by atoms with E-state index >= 15 is 0 Å². The number of hydrogen-bond donors (Lipinski definition) is 0. The molecule has 158 valence electrons. The van der Waals surface area contributed by atoms with Gasteiger partial charge in [-0.25, -0.2) is 18.4 Å². The fourth-order valence-electron chi connectivity index (χ4n) is 2.62. The second-order valence-electron chi connectivity index (χ2n) is 6.42. The van der Waals surface area contributed by atoms with Gasteiger partial charge in [0.2, 0.25) is 15.0 Å². The molecule has 0 atom stereocenters. The molecule has 0 saturated carbocycles. The summed E-state index contributed by atoms with van der Waals surface area (Å²) in [6.45, 7) is 0.146. The molecule has 2 heterocycles. The number of halogens is 3. The topological polar surface area (TPSA) is 91.2 Å². The third-order valence-corrected chi connectivity index (χ3v) is 4.96. The molecule has 30 heavy (non-hydrogen) atoms. The molecule has 3 rings (SSSR count). The van der Waals surface area contributed by atoms with Gasteiger partial charge in [-0.3, -0.25) is 4.79 Å². The minimum Gasteiger partial charge on any atom is -0.497 e. The highest BCUT2D eigenvalue weighted by Gasteiger charge is 2.35. The van der Waals surface area contributed by atoms with Gasteiger partial charge in [0.15, 0.2) is 0 Å². The van der Waals surface area contributed by atoms with E-state index in [0.29, 0.717) is 11.8 Å². The van der Waals surface area contributed by atoms with E-state index < -0.39 is 26.9 Å². The van der Waals surface area contributed by atoms with Gasteiger partial charge in [-0.1, -0.05) is 12.1 Å². The zero-order valence-corrected chi connectivity index (χ0v) is 16.7. The van der Waals surface area contributed by atoms with E-state index in [4.69, 9.17) is 4.74 Å². The SMILES string of the molecule is COc1ccc(Cn2cc(-c3cc(C(F)(F)F)nc(S(C)(=O)=O)n3)ccc2=O)cc1. The van der Waals surface area contributed by atoms with Crippen LogP contribution in [0.2, 0.25) is 0 Å². The Kier molecular flexibility index (Phi) is 5.66. The highest BCUT2D eigenvalue weighted by atomic mass is 32.2. The third-order valence-electron chi connectivity index (χ3n) is 4.12. The van der Waals surface area contributed by atoms with Crippen molar-refractivity contribution in [3.8, 4) is 17.0 Å². The van der Waals surface area contributed by atoms with E-state index in [1.165, 1.54) is 30.0 Å². The van der Waals surface area contributed by atoms with Gasteiger partial charge in [-0.2, -0.15) is 13.2 Å². The fourth-order valence-corrected chi connectivity index (χ4v) is 3.15. The minimum atomic E-state index is -4.87. The van der Waals surface area contributed by atoms with Crippen LogP contribution in [0.25, 0.3) is 11.3 Å². The molecule has 0 aliphatic carbocycles. The van der Waals surface area contributed by atoms with Gasteiger partial charge in [-0.15, -0.1) is 0 Å². The Bertz CT molecular complexity index is 1240. The number of pyridine rings is 1. The van der Waals surface area contributed by atoms with Crippen molar-refractivity contribution < 1.29 is 26.3 Å². The lowest BCUT2D eigenvalue weighted by Gasteiger charge is -2.12. The smallest absolute Gasteiger partial charge is 0.433 e. The standard InChI is InChI=1S/C19H16F3N3O4S/c1-29-14-6-3-12(4-7-14)10-25-11-13(5-8-17(25)26)15-9-16(19(20,21)22)24-18(23-15)30(2,27)28/h3-9,11H,10H2,1-2H3. The van der Waals surface area contributed by atoms with Crippen LogP contribution in [0, 0.1) is 0 Å². The van der Waals surface area contributed by atoms with E-state index in [1.807, 2.05) is 0 Å². The molecule has 0 bridgehead atoms. The van der Waals surface area contributed by atoms with Gasteiger partial charge >= 0.3 is 6.18 Å². The monoisotopic (exact) mass is 439 g/mol. The number of hydrogen-bond acceptors (Lipinski definition) is 6.